The van der Waals surface area contributed by atoms with Gasteiger partial charge in [0.05, 0.1) is 13.1 Å². The van der Waals surface area contributed by atoms with Crippen LogP contribution in [0.1, 0.15) is 0 Å². The fourth-order valence-electron chi connectivity index (χ4n) is 1.22. The van der Waals surface area contributed by atoms with E-state index in [4.69, 9.17) is 0 Å². The lowest BCUT2D eigenvalue weighted by Crippen LogP contribution is -2.49. The first-order valence-corrected chi connectivity index (χ1v) is 4.25. The van der Waals surface area contributed by atoms with Gasteiger partial charge in [-0.25, -0.2) is 10.0 Å². The molecule has 0 bridgehead atoms. The van der Waals surface area contributed by atoms with Crippen LogP contribution in [0, 0.1) is 0 Å². The van der Waals surface area contributed by atoms with Crippen LogP contribution in [-0.2, 0) is 9.59 Å². The molecular weight excluding hydrogens is 184 g/mol. The average Bonchev–Trinajstić information content (AvgIpc) is 2.87. The van der Waals surface area contributed by atoms with Gasteiger partial charge in [-0.1, -0.05) is 0 Å². The maximum atomic E-state index is 11.5. The van der Waals surface area contributed by atoms with Crippen molar-refractivity contribution >= 4 is 11.8 Å². The van der Waals surface area contributed by atoms with Gasteiger partial charge in [0.2, 0.25) is 0 Å². The summed E-state index contributed by atoms with van der Waals surface area (Å²) in [6.45, 7) is 0.845. The van der Waals surface area contributed by atoms with Gasteiger partial charge in [-0.2, -0.15) is 0 Å². The molecule has 2 N–H and O–H groups in total. The number of carbonyl (C=O) groups excluding carboxylic acids is 2. The maximum absolute atomic E-state index is 11.5. The van der Waals surface area contributed by atoms with E-state index in [1.54, 1.807) is 24.6 Å². The first kappa shape index (κ1) is 8.61. The lowest BCUT2D eigenvalue weighted by Gasteiger charge is -2.20. The summed E-state index contributed by atoms with van der Waals surface area (Å²) >= 11 is 0. The average molecular weight is 194 g/mol. The number of hydrogen-bond acceptors (Lipinski definition) is 4. The predicted octanol–water partition coefficient (Wildman–Crippen LogP) is -1.29. The van der Waals surface area contributed by atoms with Crippen LogP contribution in [0.4, 0.5) is 0 Å². The topological polar surface area (TPSA) is 64.7 Å². The Hall–Kier alpha value is -1.98. The van der Waals surface area contributed by atoms with Gasteiger partial charge < -0.3 is 10.9 Å². The Labute approximate surface area is 80.8 Å². The number of hydrazine groups is 2. The molecule has 2 aliphatic heterocycles. The van der Waals surface area contributed by atoms with Crippen LogP contribution < -0.4 is 10.9 Å². The second-order valence-electron chi connectivity index (χ2n) is 2.89. The molecule has 0 aromatic carbocycles. The minimum absolute atomic E-state index is 0.422. The number of nitrogens with zero attached hydrogens (tertiary/aromatic N) is 2. The molecule has 0 atom stereocenters. The number of rotatable bonds is 0. The van der Waals surface area contributed by atoms with Crippen LogP contribution in [0.2, 0.25) is 0 Å². The third-order valence-electron chi connectivity index (χ3n) is 1.95. The van der Waals surface area contributed by atoms with E-state index in [2.05, 4.69) is 10.9 Å². The molecule has 2 amide bonds. The van der Waals surface area contributed by atoms with Crippen LogP contribution >= 0.6 is 0 Å². The van der Waals surface area contributed by atoms with E-state index in [-0.39, 0.29) is 0 Å². The van der Waals surface area contributed by atoms with E-state index in [0.29, 0.717) is 13.1 Å². The summed E-state index contributed by atoms with van der Waals surface area (Å²) in [4.78, 5) is 23.0. The molecule has 2 rings (SSSR count). The van der Waals surface area contributed by atoms with Gasteiger partial charge in [0, 0.05) is 12.4 Å². The summed E-state index contributed by atoms with van der Waals surface area (Å²) < 4.78 is 0. The van der Waals surface area contributed by atoms with Crippen molar-refractivity contribution in [2.45, 2.75) is 0 Å². The van der Waals surface area contributed by atoms with Crippen molar-refractivity contribution in [3.63, 3.8) is 0 Å². The Morgan fingerprint density at radius 2 is 1.36 bits per heavy atom. The number of nitrogens with one attached hydrogen (secondary N) is 2. The highest BCUT2D eigenvalue weighted by Gasteiger charge is 2.27. The van der Waals surface area contributed by atoms with Gasteiger partial charge in [0.15, 0.2) is 0 Å². The minimum atomic E-state index is -0.564. The van der Waals surface area contributed by atoms with Gasteiger partial charge in [-0.15, -0.1) is 0 Å². The summed E-state index contributed by atoms with van der Waals surface area (Å²) in [5.41, 5.74) is 5.34. The second kappa shape index (κ2) is 3.41. The van der Waals surface area contributed by atoms with Crippen molar-refractivity contribution in [2.24, 2.45) is 0 Å². The second-order valence-corrected chi connectivity index (χ2v) is 2.89. The highest BCUT2D eigenvalue weighted by Crippen LogP contribution is 1.99. The quantitative estimate of drug-likeness (QED) is 0.471. The van der Waals surface area contributed by atoms with Crippen LogP contribution in [0.5, 0.6) is 0 Å². The van der Waals surface area contributed by atoms with E-state index in [9.17, 15) is 9.59 Å². The van der Waals surface area contributed by atoms with Gasteiger partial charge >= 0.3 is 11.8 Å². The zero-order chi connectivity index (χ0) is 9.97. The summed E-state index contributed by atoms with van der Waals surface area (Å²) in [6, 6.07) is 0. The molecule has 74 valence electrons. The number of amides is 2. The van der Waals surface area contributed by atoms with Crippen molar-refractivity contribution in [1.82, 2.24) is 20.9 Å². The minimum Gasteiger partial charge on any atom is -0.303 e. The highest BCUT2D eigenvalue weighted by atomic mass is 16.2. The lowest BCUT2D eigenvalue weighted by molar-refractivity contribution is -0.153. The summed E-state index contributed by atoms with van der Waals surface area (Å²) in [6.07, 6.45) is 6.78. The molecule has 2 aliphatic rings. The van der Waals surface area contributed by atoms with Crippen LogP contribution in [-0.4, -0.2) is 34.9 Å². The van der Waals surface area contributed by atoms with Crippen LogP contribution in [0.15, 0.2) is 24.6 Å². The molecule has 2 heterocycles. The Morgan fingerprint density at radius 1 is 0.929 bits per heavy atom. The van der Waals surface area contributed by atoms with Crippen molar-refractivity contribution in [1.29, 1.82) is 0 Å². The molecule has 0 unspecified atom stereocenters. The largest absolute Gasteiger partial charge is 0.332 e. The predicted molar refractivity (Wildman–Crippen MR) is 48.0 cm³/mol. The molecule has 0 spiro atoms. The molecule has 0 aliphatic carbocycles. The van der Waals surface area contributed by atoms with Crippen molar-refractivity contribution in [3.05, 3.63) is 24.6 Å². The molecule has 6 heteroatoms. The van der Waals surface area contributed by atoms with E-state index in [1.165, 1.54) is 10.0 Å². The molecule has 14 heavy (non-hydrogen) atoms. The Balaban J connectivity index is 1.94. The number of carbonyl (C=O) groups is 2. The molecule has 0 fully saturated rings. The highest BCUT2D eigenvalue weighted by molar-refractivity contribution is 6.34. The van der Waals surface area contributed by atoms with Crippen LogP contribution in [0.3, 0.4) is 0 Å². The molecular formula is C8H10N4O2. The first-order chi connectivity index (χ1) is 6.79. The normalized spacial score (nSPS) is 18.3. The third-order valence-corrected chi connectivity index (χ3v) is 1.95. The summed E-state index contributed by atoms with van der Waals surface area (Å²) in [7, 11) is 0. The fraction of sp³-hybridized carbons (Fsp3) is 0.250. The molecule has 6 nitrogen and oxygen atoms in total. The van der Waals surface area contributed by atoms with E-state index in [0.717, 1.165) is 0 Å². The monoisotopic (exact) mass is 194 g/mol. The maximum Gasteiger partial charge on any atom is 0.332 e. The number of hydrogen-bond donors (Lipinski definition) is 2. The van der Waals surface area contributed by atoms with E-state index >= 15 is 0 Å². The standard InChI is InChI=1S/C8H10N4O2/c13-7(11-5-1-3-9-11)8(14)12-6-2-4-10-12/h1-4,9-10H,5-6H2. The molecule has 0 saturated heterocycles. The van der Waals surface area contributed by atoms with Gasteiger partial charge in [0.1, 0.15) is 0 Å². The SMILES string of the molecule is O=C(C(=O)N1CC=CN1)N1CC=CN1. The molecule has 0 aromatic rings. The first-order valence-electron chi connectivity index (χ1n) is 4.25. The Morgan fingerprint density at radius 3 is 1.64 bits per heavy atom. The summed E-state index contributed by atoms with van der Waals surface area (Å²) in [5.74, 6) is -1.13. The van der Waals surface area contributed by atoms with E-state index < -0.39 is 11.8 Å². The lowest BCUT2D eigenvalue weighted by atomic mass is 10.5. The zero-order valence-corrected chi connectivity index (χ0v) is 7.43. The summed E-state index contributed by atoms with van der Waals surface area (Å²) in [5, 5.41) is 2.50. The fourth-order valence-corrected chi connectivity index (χ4v) is 1.22. The van der Waals surface area contributed by atoms with Crippen molar-refractivity contribution in [3.8, 4) is 0 Å². The van der Waals surface area contributed by atoms with Gasteiger partial charge in [-0.05, 0) is 12.2 Å². The smallest absolute Gasteiger partial charge is 0.303 e. The molecule has 0 aromatic heterocycles. The Kier molecular flexibility index (Phi) is 2.10. The van der Waals surface area contributed by atoms with Crippen molar-refractivity contribution in [2.75, 3.05) is 13.1 Å². The molecule has 0 radical (unpaired) electrons. The Bertz CT molecular complexity index is 275. The van der Waals surface area contributed by atoms with Gasteiger partial charge in [0.25, 0.3) is 0 Å². The third kappa shape index (κ3) is 1.41. The van der Waals surface area contributed by atoms with E-state index in [1.807, 2.05) is 0 Å². The van der Waals surface area contributed by atoms with Crippen molar-refractivity contribution < 1.29 is 9.59 Å². The van der Waals surface area contributed by atoms with Gasteiger partial charge in [-0.3, -0.25) is 9.59 Å². The zero-order valence-electron chi connectivity index (χ0n) is 7.43. The van der Waals surface area contributed by atoms with Crippen LogP contribution in [0.25, 0.3) is 0 Å². The molecule has 0 saturated carbocycles.